The quantitative estimate of drug-likeness (QED) is 0.941. The molecule has 0 fully saturated rings. The largest absolute Gasteiger partial charge is 0.352 e. The van der Waals surface area contributed by atoms with Crippen LogP contribution in [0.2, 0.25) is 5.02 Å². The van der Waals surface area contributed by atoms with Gasteiger partial charge in [0.1, 0.15) is 0 Å². The van der Waals surface area contributed by atoms with Crippen molar-refractivity contribution in [2.45, 2.75) is 26.8 Å². The number of aromatic nitrogens is 2. The van der Waals surface area contributed by atoms with Crippen molar-refractivity contribution in [2.24, 2.45) is 7.05 Å². The Morgan fingerprint density at radius 2 is 2.15 bits per heavy atom. The highest BCUT2D eigenvalue weighted by Gasteiger charge is 2.10. The average molecular weight is 292 g/mol. The molecule has 1 heterocycles. The summed E-state index contributed by atoms with van der Waals surface area (Å²) in [5.41, 5.74) is 4.01. The van der Waals surface area contributed by atoms with E-state index in [9.17, 15) is 4.79 Å². The van der Waals surface area contributed by atoms with E-state index < -0.39 is 0 Å². The zero-order chi connectivity index (χ0) is 14.7. The summed E-state index contributed by atoms with van der Waals surface area (Å²) in [6.45, 7) is 4.45. The standard InChI is InChI=1S/C15H18ClN3O/c1-10-14(11(2)19(3)18-10)9-17-15(20)8-12-5-4-6-13(16)7-12/h4-7H,8-9H2,1-3H3,(H,17,20). The molecule has 0 saturated heterocycles. The van der Waals surface area contributed by atoms with E-state index in [-0.39, 0.29) is 5.91 Å². The number of hydrogen-bond donors (Lipinski definition) is 1. The number of aryl methyl sites for hydroxylation is 2. The number of nitrogens with one attached hydrogen (secondary N) is 1. The first kappa shape index (κ1) is 14.6. The smallest absolute Gasteiger partial charge is 0.224 e. The Kier molecular flexibility index (Phi) is 4.45. The van der Waals surface area contributed by atoms with Crippen LogP contribution in [-0.2, 0) is 24.8 Å². The molecule has 106 valence electrons. The lowest BCUT2D eigenvalue weighted by molar-refractivity contribution is -0.120. The third-order valence-electron chi connectivity index (χ3n) is 3.37. The minimum atomic E-state index is -0.0186. The zero-order valence-corrected chi connectivity index (χ0v) is 12.7. The number of carbonyl (C=O) groups is 1. The molecule has 0 atom stereocenters. The summed E-state index contributed by atoms with van der Waals surface area (Å²) in [6.07, 6.45) is 0.332. The fourth-order valence-electron chi connectivity index (χ4n) is 2.16. The van der Waals surface area contributed by atoms with Crippen molar-refractivity contribution in [3.8, 4) is 0 Å². The van der Waals surface area contributed by atoms with E-state index >= 15 is 0 Å². The average Bonchev–Trinajstić information content (AvgIpc) is 2.61. The van der Waals surface area contributed by atoms with Gasteiger partial charge in [-0.05, 0) is 31.5 Å². The Bertz CT molecular complexity index is 634. The molecule has 0 unspecified atom stereocenters. The van der Waals surface area contributed by atoms with Gasteiger partial charge >= 0.3 is 0 Å². The highest BCUT2D eigenvalue weighted by Crippen LogP contribution is 2.13. The van der Waals surface area contributed by atoms with E-state index in [0.29, 0.717) is 18.0 Å². The summed E-state index contributed by atoms with van der Waals surface area (Å²) in [6, 6.07) is 7.35. The number of hydrogen-bond acceptors (Lipinski definition) is 2. The molecular formula is C15H18ClN3O. The first-order valence-corrected chi connectivity index (χ1v) is 6.85. The van der Waals surface area contributed by atoms with Gasteiger partial charge in [0.2, 0.25) is 5.91 Å². The van der Waals surface area contributed by atoms with E-state index in [1.54, 1.807) is 6.07 Å². The van der Waals surface area contributed by atoms with Crippen LogP contribution < -0.4 is 5.32 Å². The number of rotatable bonds is 4. The molecule has 0 aliphatic carbocycles. The molecule has 0 bridgehead atoms. The predicted octanol–water partition coefficient (Wildman–Crippen LogP) is 2.55. The lowest BCUT2D eigenvalue weighted by Gasteiger charge is -2.06. The fraction of sp³-hybridized carbons (Fsp3) is 0.333. The number of benzene rings is 1. The summed E-state index contributed by atoms with van der Waals surface area (Å²) < 4.78 is 1.83. The normalized spacial score (nSPS) is 10.6. The van der Waals surface area contributed by atoms with Crippen LogP contribution in [0.1, 0.15) is 22.5 Å². The summed E-state index contributed by atoms with van der Waals surface area (Å²) in [5, 5.41) is 7.91. The van der Waals surface area contributed by atoms with E-state index in [1.165, 1.54) is 0 Å². The monoisotopic (exact) mass is 291 g/mol. The summed E-state index contributed by atoms with van der Waals surface area (Å²) in [4.78, 5) is 11.9. The van der Waals surface area contributed by atoms with Crippen molar-refractivity contribution in [3.05, 3.63) is 51.8 Å². The highest BCUT2D eigenvalue weighted by atomic mass is 35.5. The van der Waals surface area contributed by atoms with Crippen LogP contribution in [0.5, 0.6) is 0 Å². The van der Waals surface area contributed by atoms with Crippen LogP contribution in [0, 0.1) is 13.8 Å². The van der Waals surface area contributed by atoms with Gasteiger partial charge in [0.25, 0.3) is 0 Å². The Hall–Kier alpha value is -1.81. The molecule has 4 nitrogen and oxygen atoms in total. The molecular weight excluding hydrogens is 274 g/mol. The van der Waals surface area contributed by atoms with Crippen LogP contribution in [0.4, 0.5) is 0 Å². The van der Waals surface area contributed by atoms with Crippen molar-refractivity contribution in [1.29, 1.82) is 0 Å². The van der Waals surface area contributed by atoms with Gasteiger partial charge in [-0.1, -0.05) is 23.7 Å². The molecule has 20 heavy (non-hydrogen) atoms. The molecule has 2 rings (SSSR count). The maximum Gasteiger partial charge on any atom is 0.224 e. The van der Waals surface area contributed by atoms with E-state index in [0.717, 1.165) is 22.5 Å². The van der Waals surface area contributed by atoms with Gasteiger partial charge in [-0.15, -0.1) is 0 Å². The molecule has 1 aromatic carbocycles. The van der Waals surface area contributed by atoms with Gasteiger partial charge < -0.3 is 5.32 Å². The second-order valence-corrected chi connectivity index (χ2v) is 5.29. The van der Waals surface area contributed by atoms with Crippen molar-refractivity contribution >= 4 is 17.5 Å². The molecule has 0 aliphatic rings. The summed E-state index contributed by atoms with van der Waals surface area (Å²) >= 11 is 5.90. The van der Waals surface area contributed by atoms with Gasteiger partial charge in [-0.2, -0.15) is 5.10 Å². The Morgan fingerprint density at radius 3 is 2.75 bits per heavy atom. The number of nitrogens with zero attached hydrogens (tertiary/aromatic N) is 2. The lowest BCUT2D eigenvalue weighted by Crippen LogP contribution is -2.25. The summed E-state index contributed by atoms with van der Waals surface area (Å²) in [5.74, 6) is -0.0186. The minimum absolute atomic E-state index is 0.0186. The number of halogens is 1. The minimum Gasteiger partial charge on any atom is -0.352 e. The second-order valence-electron chi connectivity index (χ2n) is 4.86. The molecule has 0 spiro atoms. The van der Waals surface area contributed by atoms with Crippen molar-refractivity contribution in [1.82, 2.24) is 15.1 Å². The third-order valence-corrected chi connectivity index (χ3v) is 3.61. The molecule has 2 aromatic rings. The van der Waals surface area contributed by atoms with Crippen LogP contribution >= 0.6 is 11.6 Å². The molecule has 0 aliphatic heterocycles. The third kappa shape index (κ3) is 3.39. The fourth-order valence-corrected chi connectivity index (χ4v) is 2.37. The summed E-state index contributed by atoms with van der Waals surface area (Å²) in [7, 11) is 1.90. The maximum absolute atomic E-state index is 11.9. The van der Waals surface area contributed by atoms with Gasteiger partial charge in [-0.25, -0.2) is 0 Å². The van der Waals surface area contributed by atoms with E-state index in [4.69, 9.17) is 11.6 Å². The predicted molar refractivity (Wildman–Crippen MR) is 79.7 cm³/mol. The molecule has 0 saturated carbocycles. The second kappa shape index (κ2) is 6.09. The van der Waals surface area contributed by atoms with Gasteiger partial charge in [0, 0.05) is 29.9 Å². The molecule has 1 amide bonds. The van der Waals surface area contributed by atoms with Gasteiger partial charge in [0.05, 0.1) is 12.1 Å². The first-order valence-electron chi connectivity index (χ1n) is 6.47. The van der Waals surface area contributed by atoms with E-state index in [1.807, 2.05) is 43.8 Å². The van der Waals surface area contributed by atoms with Gasteiger partial charge in [0.15, 0.2) is 0 Å². The van der Waals surface area contributed by atoms with Crippen molar-refractivity contribution in [2.75, 3.05) is 0 Å². The Labute approximate surface area is 123 Å². The van der Waals surface area contributed by atoms with E-state index in [2.05, 4.69) is 10.4 Å². The molecule has 5 heteroatoms. The highest BCUT2D eigenvalue weighted by molar-refractivity contribution is 6.30. The van der Waals surface area contributed by atoms with Crippen LogP contribution in [0.25, 0.3) is 0 Å². The molecule has 1 N–H and O–H groups in total. The number of amides is 1. The van der Waals surface area contributed by atoms with Gasteiger partial charge in [-0.3, -0.25) is 9.48 Å². The van der Waals surface area contributed by atoms with Crippen LogP contribution in [0.15, 0.2) is 24.3 Å². The topological polar surface area (TPSA) is 46.9 Å². The SMILES string of the molecule is Cc1nn(C)c(C)c1CNC(=O)Cc1cccc(Cl)c1. The lowest BCUT2D eigenvalue weighted by atomic mass is 10.1. The zero-order valence-electron chi connectivity index (χ0n) is 11.9. The van der Waals surface area contributed by atoms with Crippen LogP contribution in [0.3, 0.4) is 0 Å². The molecule has 1 aromatic heterocycles. The first-order chi connectivity index (χ1) is 9.47. The van der Waals surface area contributed by atoms with Crippen LogP contribution in [-0.4, -0.2) is 15.7 Å². The maximum atomic E-state index is 11.9. The van der Waals surface area contributed by atoms with Crippen molar-refractivity contribution in [3.63, 3.8) is 0 Å². The van der Waals surface area contributed by atoms with Crippen molar-refractivity contribution < 1.29 is 4.79 Å². The Morgan fingerprint density at radius 1 is 1.40 bits per heavy atom. The Balaban J connectivity index is 1.96. The molecule has 0 radical (unpaired) electrons. The number of carbonyl (C=O) groups excluding carboxylic acids is 1.